The molecule has 1 saturated carbocycles. The van der Waals surface area contributed by atoms with Crippen LogP contribution in [0.1, 0.15) is 34.3 Å². The Morgan fingerprint density at radius 3 is 2.46 bits per heavy atom. The van der Waals surface area contributed by atoms with Gasteiger partial charge >= 0.3 is 0 Å². The van der Waals surface area contributed by atoms with Crippen molar-refractivity contribution in [3.8, 4) is 0 Å². The molecule has 7 heteroatoms. The van der Waals surface area contributed by atoms with E-state index in [2.05, 4.69) is 10.6 Å². The van der Waals surface area contributed by atoms with Crippen LogP contribution < -0.4 is 10.6 Å². The average Bonchev–Trinajstić information content (AvgIpc) is 3.45. The van der Waals surface area contributed by atoms with Crippen molar-refractivity contribution in [1.82, 2.24) is 5.32 Å². The minimum Gasteiger partial charge on any atom is -0.348 e. The van der Waals surface area contributed by atoms with E-state index < -0.39 is 10.8 Å². The van der Waals surface area contributed by atoms with Crippen LogP contribution in [0.3, 0.4) is 0 Å². The standard InChI is InChI=1S/C19H19N3O4/c1-12-3-2-4-16(17(12)22(25)26)19(24)20-11-13-5-9-15(10-6-13)21-18(23)14-7-8-14/h2-6,9-10,14H,7-8,11H2,1H3,(H,20,24)(H,21,23). The predicted octanol–water partition coefficient (Wildman–Crippen LogP) is 3.18. The van der Waals surface area contributed by atoms with E-state index in [0.717, 1.165) is 18.4 Å². The van der Waals surface area contributed by atoms with Crippen LogP contribution in [0.4, 0.5) is 11.4 Å². The molecule has 2 N–H and O–H groups in total. The first-order valence-corrected chi connectivity index (χ1v) is 8.37. The summed E-state index contributed by atoms with van der Waals surface area (Å²) in [5, 5.41) is 16.7. The summed E-state index contributed by atoms with van der Waals surface area (Å²) in [6.45, 7) is 1.84. The normalized spacial score (nSPS) is 13.1. The molecule has 0 atom stereocenters. The molecule has 2 aromatic rings. The maximum absolute atomic E-state index is 12.3. The summed E-state index contributed by atoms with van der Waals surface area (Å²) < 4.78 is 0. The lowest BCUT2D eigenvalue weighted by atomic mass is 10.1. The van der Waals surface area contributed by atoms with Crippen LogP contribution in [0.2, 0.25) is 0 Å². The molecular formula is C19H19N3O4. The smallest absolute Gasteiger partial charge is 0.285 e. The van der Waals surface area contributed by atoms with Gasteiger partial charge in [0.25, 0.3) is 11.6 Å². The minimum absolute atomic E-state index is 0.0396. The van der Waals surface area contributed by atoms with Gasteiger partial charge < -0.3 is 10.6 Å². The number of aryl methyl sites for hydroxylation is 1. The SMILES string of the molecule is Cc1cccc(C(=O)NCc2ccc(NC(=O)C3CC3)cc2)c1[N+](=O)[O-]. The van der Waals surface area contributed by atoms with Crippen LogP contribution in [-0.2, 0) is 11.3 Å². The van der Waals surface area contributed by atoms with Gasteiger partial charge in [-0.3, -0.25) is 19.7 Å². The number of nitro groups is 1. The Morgan fingerprint density at radius 1 is 1.15 bits per heavy atom. The third-order valence-corrected chi connectivity index (χ3v) is 4.29. The number of carbonyl (C=O) groups excluding carboxylic acids is 2. The van der Waals surface area contributed by atoms with E-state index in [4.69, 9.17) is 0 Å². The summed E-state index contributed by atoms with van der Waals surface area (Å²) in [4.78, 5) is 34.7. The highest BCUT2D eigenvalue weighted by atomic mass is 16.6. The molecule has 3 rings (SSSR count). The van der Waals surface area contributed by atoms with Gasteiger partial charge in [0.15, 0.2) is 0 Å². The van der Waals surface area contributed by atoms with Crippen LogP contribution in [0.15, 0.2) is 42.5 Å². The van der Waals surface area contributed by atoms with Crippen molar-refractivity contribution in [2.75, 3.05) is 5.32 Å². The lowest BCUT2D eigenvalue weighted by Crippen LogP contribution is -2.24. The molecule has 26 heavy (non-hydrogen) atoms. The fourth-order valence-electron chi connectivity index (χ4n) is 2.66. The number of hydrogen-bond acceptors (Lipinski definition) is 4. The molecule has 2 aromatic carbocycles. The highest BCUT2D eigenvalue weighted by Gasteiger charge is 2.29. The molecule has 0 bridgehead atoms. The van der Waals surface area contributed by atoms with Gasteiger partial charge in [0.1, 0.15) is 5.56 Å². The Morgan fingerprint density at radius 2 is 1.85 bits per heavy atom. The van der Waals surface area contributed by atoms with Gasteiger partial charge in [-0.15, -0.1) is 0 Å². The third-order valence-electron chi connectivity index (χ3n) is 4.29. The number of benzene rings is 2. The number of anilines is 1. The first-order chi connectivity index (χ1) is 12.5. The van der Waals surface area contributed by atoms with Gasteiger partial charge in [-0.25, -0.2) is 0 Å². The number of nitrogens with zero attached hydrogens (tertiary/aromatic N) is 1. The van der Waals surface area contributed by atoms with Crippen LogP contribution in [0.25, 0.3) is 0 Å². The molecule has 0 saturated heterocycles. The third kappa shape index (κ3) is 4.05. The molecule has 134 valence electrons. The van der Waals surface area contributed by atoms with Crippen molar-refractivity contribution in [2.45, 2.75) is 26.3 Å². The number of rotatable bonds is 6. The Bertz CT molecular complexity index is 858. The van der Waals surface area contributed by atoms with E-state index in [-0.39, 0.29) is 29.6 Å². The van der Waals surface area contributed by atoms with Gasteiger partial charge in [0, 0.05) is 23.7 Å². The van der Waals surface area contributed by atoms with Crippen LogP contribution in [0.5, 0.6) is 0 Å². The summed E-state index contributed by atoms with van der Waals surface area (Å²) in [7, 11) is 0. The number of nitro benzene ring substituents is 1. The highest BCUT2D eigenvalue weighted by Crippen LogP contribution is 2.30. The van der Waals surface area contributed by atoms with Crippen molar-refractivity contribution in [3.63, 3.8) is 0 Å². The second-order valence-corrected chi connectivity index (χ2v) is 6.37. The minimum atomic E-state index is -0.540. The van der Waals surface area contributed by atoms with Crippen molar-refractivity contribution in [3.05, 3.63) is 69.3 Å². The molecule has 1 aliphatic carbocycles. The van der Waals surface area contributed by atoms with Gasteiger partial charge in [-0.1, -0.05) is 24.3 Å². The zero-order valence-electron chi connectivity index (χ0n) is 14.3. The van der Waals surface area contributed by atoms with Crippen molar-refractivity contribution >= 4 is 23.2 Å². The van der Waals surface area contributed by atoms with E-state index >= 15 is 0 Å². The Kier molecular flexibility index (Phi) is 4.97. The molecule has 0 aliphatic heterocycles. The monoisotopic (exact) mass is 353 g/mol. The lowest BCUT2D eigenvalue weighted by molar-refractivity contribution is -0.385. The number of carbonyl (C=O) groups is 2. The zero-order valence-corrected chi connectivity index (χ0v) is 14.3. The number of amides is 2. The van der Waals surface area contributed by atoms with E-state index in [1.54, 1.807) is 43.3 Å². The van der Waals surface area contributed by atoms with Crippen LogP contribution in [-0.4, -0.2) is 16.7 Å². The number of para-hydroxylation sites is 1. The van der Waals surface area contributed by atoms with Crippen LogP contribution in [0, 0.1) is 23.0 Å². The molecule has 0 radical (unpaired) electrons. The van der Waals surface area contributed by atoms with Crippen molar-refractivity contribution in [1.29, 1.82) is 0 Å². The molecular weight excluding hydrogens is 334 g/mol. The Hall–Kier alpha value is -3.22. The highest BCUT2D eigenvalue weighted by molar-refractivity contribution is 5.98. The zero-order chi connectivity index (χ0) is 18.7. The van der Waals surface area contributed by atoms with Crippen molar-refractivity contribution in [2.24, 2.45) is 5.92 Å². The fourth-order valence-corrected chi connectivity index (χ4v) is 2.66. The summed E-state index contributed by atoms with van der Waals surface area (Å²) in [6.07, 6.45) is 1.89. The van der Waals surface area contributed by atoms with Crippen molar-refractivity contribution < 1.29 is 14.5 Å². The van der Waals surface area contributed by atoms with E-state index in [1.807, 2.05) is 0 Å². The fraction of sp³-hybridized carbons (Fsp3) is 0.263. The topological polar surface area (TPSA) is 101 Å². The van der Waals surface area contributed by atoms with Crippen LogP contribution >= 0.6 is 0 Å². The molecule has 0 unspecified atom stereocenters. The number of nitrogens with one attached hydrogen (secondary N) is 2. The Balaban J connectivity index is 1.62. The van der Waals surface area contributed by atoms with Gasteiger partial charge in [0.05, 0.1) is 4.92 Å². The largest absolute Gasteiger partial charge is 0.348 e. The summed E-state index contributed by atoms with van der Waals surface area (Å²) >= 11 is 0. The van der Waals surface area contributed by atoms with Gasteiger partial charge in [-0.05, 0) is 43.5 Å². The second-order valence-electron chi connectivity index (χ2n) is 6.37. The molecule has 0 heterocycles. The maximum atomic E-state index is 12.3. The summed E-state index contributed by atoms with van der Waals surface area (Å²) in [5.74, 6) is -0.316. The average molecular weight is 353 g/mol. The predicted molar refractivity (Wildman–Crippen MR) is 96.8 cm³/mol. The van der Waals surface area contributed by atoms with E-state index in [0.29, 0.717) is 11.3 Å². The molecule has 1 aliphatic rings. The molecule has 7 nitrogen and oxygen atoms in total. The maximum Gasteiger partial charge on any atom is 0.285 e. The molecule has 0 aromatic heterocycles. The van der Waals surface area contributed by atoms with Gasteiger partial charge in [-0.2, -0.15) is 0 Å². The number of hydrogen-bond donors (Lipinski definition) is 2. The van der Waals surface area contributed by atoms with E-state index in [9.17, 15) is 19.7 Å². The van der Waals surface area contributed by atoms with Gasteiger partial charge in [0.2, 0.25) is 5.91 Å². The van der Waals surface area contributed by atoms with E-state index in [1.165, 1.54) is 6.07 Å². The first kappa shape index (κ1) is 17.6. The molecule has 0 spiro atoms. The Labute approximate surface area is 150 Å². The first-order valence-electron chi connectivity index (χ1n) is 8.37. The summed E-state index contributed by atoms with van der Waals surface area (Å²) in [6, 6.07) is 11.8. The quantitative estimate of drug-likeness (QED) is 0.615. The molecule has 1 fully saturated rings. The molecule has 2 amide bonds. The summed E-state index contributed by atoms with van der Waals surface area (Å²) in [5.41, 5.74) is 1.86. The second kappa shape index (κ2) is 7.35. The lowest BCUT2D eigenvalue weighted by Gasteiger charge is -2.09.